The molecular formula is C23H31N3O5. The molecule has 1 aliphatic carbocycles. The molecule has 3 rings (SSSR count). The molecule has 0 aromatic heterocycles. The largest absolute Gasteiger partial charge is 0.454 e. The van der Waals surface area contributed by atoms with Crippen LogP contribution in [0.15, 0.2) is 24.3 Å². The summed E-state index contributed by atoms with van der Waals surface area (Å²) in [5.41, 5.74) is 0.767. The third-order valence-electron chi connectivity index (χ3n) is 6.53. The number of hydrogen-bond donors (Lipinski definition) is 2. The quantitative estimate of drug-likeness (QED) is 0.512. The number of ether oxygens (including phenoxy) is 1. The number of hydrogen-bond acceptors (Lipinski definition) is 5. The molecule has 3 atom stereocenters. The zero-order valence-electron chi connectivity index (χ0n) is 18.4. The van der Waals surface area contributed by atoms with Crippen LogP contribution in [0.25, 0.3) is 0 Å². The predicted octanol–water partition coefficient (Wildman–Crippen LogP) is 3.18. The molecule has 4 amide bonds. The van der Waals surface area contributed by atoms with Gasteiger partial charge in [-0.3, -0.25) is 19.3 Å². The standard InChI is InChI=1S/C23H31N3O5/c1-4-15(2)17-10-5-6-11-18(17)24-19(27)14-31-20(28)13-26-21(29)23(25-22(26)30)12-8-7-9-16(23)3/h5-6,10-11,15-16H,4,7-9,12-14H2,1-3H3,(H,24,27)(H,25,30)/t15-,16-,23-/m0/s1. The average Bonchev–Trinajstić information content (AvgIpc) is 2.99. The maximum absolute atomic E-state index is 12.9. The van der Waals surface area contributed by atoms with Gasteiger partial charge in [0.15, 0.2) is 6.61 Å². The fourth-order valence-electron chi connectivity index (χ4n) is 4.41. The van der Waals surface area contributed by atoms with Gasteiger partial charge in [-0.05, 0) is 42.7 Å². The number of para-hydroxylation sites is 1. The highest BCUT2D eigenvalue weighted by Gasteiger charge is 2.55. The lowest BCUT2D eigenvalue weighted by atomic mass is 9.73. The van der Waals surface area contributed by atoms with E-state index in [0.717, 1.165) is 36.1 Å². The van der Waals surface area contributed by atoms with E-state index >= 15 is 0 Å². The van der Waals surface area contributed by atoms with E-state index in [9.17, 15) is 19.2 Å². The summed E-state index contributed by atoms with van der Waals surface area (Å²) in [7, 11) is 0. The van der Waals surface area contributed by atoms with Crippen LogP contribution in [0.5, 0.6) is 0 Å². The highest BCUT2D eigenvalue weighted by molar-refractivity contribution is 6.09. The van der Waals surface area contributed by atoms with Crippen LogP contribution in [-0.4, -0.2) is 47.4 Å². The van der Waals surface area contributed by atoms with E-state index < -0.39 is 36.6 Å². The lowest BCUT2D eigenvalue weighted by molar-refractivity contribution is -0.150. The Bertz CT molecular complexity index is 871. The highest BCUT2D eigenvalue weighted by atomic mass is 16.5. The van der Waals surface area contributed by atoms with Crippen LogP contribution >= 0.6 is 0 Å². The van der Waals surface area contributed by atoms with Crippen molar-refractivity contribution >= 4 is 29.5 Å². The Hall–Kier alpha value is -2.90. The minimum atomic E-state index is -0.924. The number of rotatable bonds is 7. The van der Waals surface area contributed by atoms with Crippen molar-refractivity contribution in [1.82, 2.24) is 10.2 Å². The second kappa shape index (κ2) is 9.49. The highest BCUT2D eigenvalue weighted by Crippen LogP contribution is 2.38. The SMILES string of the molecule is CC[C@H](C)c1ccccc1NC(=O)COC(=O)CN1C(=O)N[C@]2(CCCC[C@@H]2C)C1=O. The summed E-state index contributed by atoms with van der Waals surface area (Å²) in [5, 5.41) is 5.56. The molecule has 0 unspecified atom stereocenters. The third kappa shape index (κ3) is 4.73. The molecule has 168 valence electrons. The Morgan fingerprint density at radius 3 is 2.74 bits per heavy atom. The topological polar surface area (TPSA) is 105 Å². The minimum absolute atomic E-state index is 0.00933. The Kier molecular flexibility index (Phi) is 6.97. The molecule has 1 heterocycles. The van der Waals surface area contributed by atoms with Gasteiger partial charge in [-0.15, -0.1) is 0 Å². The molecule has 1 aromatic carbocycles. The van der Waals surface area contributed by atoms with Crippen LogP contribution in [0.2, 0.25) is 0 Å². The molecule has 2 aliphatic rings. The molecule has 1 saturated heterocycles. The number of benzene rings is 1. The summed E-state index contributed by atoms with van der Waals surface area (Å²) in [4.78, 5) is 50.7. The van der Waals surface area contributed by atoms with Gasteiger partial charge >= 0.3 is 12.0 Å². The van der Waals surface area contributed by atoms with E-state index in [-0.39, 0.29) is 17.7 Å². The second-order valence-electron chi connectivity index (χ2n) is 8.55. The molecule has 8 nitrogen and oxygen atoms in total. The number of nitrogens with one attached hydrogen (secondary N) is 2. The van der Waals surface area contributed by atoms with E-state index in [1.807, 2.05) is 25.1 Å². The molecule has 31 heavy (non-hydrogen) atoms. The summed E-state index contributed by atoms with van der Waals surface area (Å²) < 4.78 is 5.04. The van der Waals surface area contributed by atoms with Crippen molar-refractivity contribution < 1.29 is 23.9 Å². The summed E-state index contributed by atoms with van der Waals surface area (Å²) in [5.74, 6) is -1.37. The summed E-state index contributed by atoms with van der Waals surface area (Å²) >= 11 is 0. The van der Waals surface area contributed by atoms with E-state index in [1.165, 1.54) is 0 Å². The van der Waals surface area contributed by atoms with Crippen molar-refractivity contribution in [2.24, 2.45) is 5.92 Å². The van der Waals surface area contributed by atoms with Crippen molar-refractivity contribution in [2.45, 2.75) is 64.3 Å². The predicted molar refractivity (Wildman–Crippen MR) is 115 cm³/mol. The van der Waals surface area contributed by atoms with Gasteiger partial charge in [0.1, 0.15) is 12.1 Å². The number of imide groups is 1. The lowest BCUT2D eigenvalue weighted by Crippen LogP contribution is -2.54. The van der Waals surface area contributed by atoms with Crippen molar-refractivity contribution in [1.29, 1.82) is 0 Å². The van der Waals surface area contributed by atoms with Crippen molar-refractivity contribution in [3.63, 3.8) is 0 Å². The van der Waals surface area contributed by atoms with E-state index in [2.05, 4.69) is 24.5 Å². The number of esters is 1. The van der Waals surface area contributed by atoms with Gasteiger partial charge in [0.25, 0.3) is 11.8 Å². The fourth-order valence-corrected chi connectivity index (χ4v) is 4.41. The molecule has 2 fully saturated rings. The maximum Gasteiger partial charge on any atom is 0.326 e. The van der Waals surface area contributed by atoms with E-state index in [1.54, 1.807) is 6.07 Å². The molecule has 1 saturated carbocycles. The lowest BCUT2D eigenvalue weighted by Gasteiger charge is -2.36. The molecular weight excluding hydrogens is 398 g/mol. The summed E-state index contributed by atoms with van der Waals surface area (Å²) in [6.07, 6.45) is 4.22. The Morgan fingerprint density at radius 1 is 1.29 bits per heavy atom. The van der Waals surface area contributed by atoms with E-state index in [0.29, 0.717) is 12.1 Å². The molecule has 0 bridgehead atoms. The van der Waals surface area contributed by atoms with Crippen LogP contribution in [0.4, 0.5) is 10.5 Å². The number of anilines is 1. The molecule has 1 aliphatic heterocycles. The van der Waals surface area contributed by atoms with Crippen LogP contribution in [-0.2, 0) is 19.1 Å². The molecule has 2 N–H and O–H groups in total. The van der Waals surface area contributed by atoms with Gasteiger partial charge in [0, 0.05) is 5.69 Å². The Morgan fingerprint density at radius 2 is 2.03 bits per heavy atom. The molecule has 1 aromatic rings. The fraction of sp³-hybridized carbons (Fsp3) is 0.565. The van der Waals surface area contributed by atoms with Gasteiger partial charge in [0.2, 0.25) is 0 Å². The zero-order chi connectivity index (χ0) is 22.6. The first-order valence-corrected chi connectivity index (χ1v) is 11.0. The normalized spacial score (nSPS) is 24.1. The van der Waals surface area contributed by atoms with Gasteiger partial charge in [-0.2, -0.15) is 0 Å². The summed E-state index contributed by atoms with van der Waals surface area (Å²) in [6.45, 7) is 5.09. The van der Waals surface area contributed by atoms with Crippen LogP contribution < -0.4 is 10.6 Å². The number of carbonyl (C=O) groups is 4. The first-order valence-electron chi connectivity index (χ1n) is 11.0. The first kappa shape index (κ1) is 22.8. The van der Waals surface area contributed by atoms with Gasteiger partial charge < -0.3 is 15.4 Å². The molecule has 1 spiro atoms. The Labute approximate surface area is 182 Å². The minimum Gasteiger partial charge on any atom is -0.454 e. The van der Waals surface area contributed by atoms with Crippen LogP contribution in [0, 0.1) is 5.92 Å². The summed E-state index contributed by atoms with van der Waals surface area (Å²) in [6, 6.07) is 6.92. The number of urea groups is 1. The molecule has 8 heteroatoms. The van der Waals surface area contributed by atoms with Gasteiger partial charge in [-0.1, -0.05) is 51.8 Å². The number of carbonyl (C=O) groups excluding carboxylic acids is 4. The third-order valence-corrected chi connectivity index (χ3v) is 6.53. The van der Waals surface area contributed by atoms with Crippen LogP contribution in [0.3, 0.4) is 0 Å². The van der Waals surface area contributed by atoms with Crippen molar-refractivity contribution in [2.75, 3.05) is 18.5 Å². The van der Waals surface area contributed by atoms with E-state index in [4.69, 9.17) is 4.74 Å². The number of amides is 4. The number of nitrogens with zero attached hydrogens (tertiary/aromatic N) is 1. The zero-order valence-corrected chi connectivity index (χ0v) is 18.4. The van der Waals surface area contributed by atoms with Gasteiger partial charge in [0.05, 0.1) is 0 Å². The first-order chi connectivity index (χ1) is 14.8. The van der Waals surface area contributed by atoms with Crippen molar-refractivity contribution in [3.05, 3.63) is 29.8 Å². The molecule has 0 radical (unpaired) electrons. The second-order valence-corrected chi connectivity index (χ2v) is 8.55. The van der Waals surface area contributed by atoms with Crippen molar-refractivity contribution in [3.8, 4) is 0 Å². The van der Waals surface area contributed by atoms with Gasteiger partial charge in [-0.25, -0.2) is 4.79 Å². The average molecular weight is 430 g/mol. The smallest absolute Gasteiger partial charge is 0.326 e. The Balaban J connectivity index is 1.54. The maximum atomic E-state index is 12.9. The van der Waals surface area contributed by atoms with Crippen LogP contribution in [0.1, 0.15) is 64.4 Å². The monoisotopic (exact) mass is 429 g/mol.